The Balaban J connectivity index is 1.98. The molecule has 3 rings (SSSR count). The van der Waals surface area contributed by atoms with Gasteiger partial charge in [0.25, 0.3) is 0 Å². The molecule has 0 aliphatic carbocycles. The van der Waals surface area contributed by atoms with Crippen molar-refractivity contribution in [3.63, 3.8) is 0 Å². The fraction of sp³-hybridized carbons (Fsp3) is 0.167. The molecule has 0 amide bonds. The highest BCUT2D eigenvalue weighted by Crippen LogP contribution is 2.27. The zero-order valence-corrected chi connectivity index (χ0v) is 12.2. The fourth-order valence-corrected chi connectivity index (χ4v) is 2.66. The van der Waals surface area contributed by atoms with E-state index >= 15 is 0 Å². The summed E-state index contributed by atoms with van der Waals surface area (Å²) in [4.78, 5) is 6.41. The van der Waals surface area contributed by atoms with Gasteiger partial charge in [0, 0.05) is 30.4 Å². The van der Waals surface area contributed by atoms with Crippen LogP contribution >= 0.6 is 0 Å². The summed E-state index contributed by atoms with van der Waals surface area (Å²) >= 11 is 0. The quantitative estimate of drug-likeness (QED) is 0.787. The van der Waals surface area contributed by atoms with E-state index in [1.807, 2.05) is 12.1 Å². The monoisotopic (exact) mass is 277 g/mol. The van der Waals surface area contributed by atoms with Gasteiger partial charge in [0.1, 0.15) is 5.82 Å². The second kappa shape index (κ2) is 5.83. The van der Waals surface area contributed by atoms with E-state index in [1.165, 1.54) is 22.0 Å². The molecule has 1 aromatic heterocycles. The van der Waals surface area contributed by atoms with E-state index in [2.05, 4.69) is 59.3 Å². The first-order chi connectivity index (χ1) is 10.3. The van der Waals surface area contributed by atoms with E-state index in [4.69, 9.17) is 5.73 Å². The van der Waals surface area contributed by atoms with Gasteiger partial charge in [-0.2, -0.15) is 0 Å². The molecule has 0 aliphatic rings. The molecule has 0 saturated heterocycles. The van der Waals surface area contributed by atoms with Crippen LogP contribution in [0.15, 0.2) is 60.8 Å². The summed E-state index contributed by atoms with van der Waals surface area (Å²) < 4.78 is 0. The first kappa shape index (κ1) is 13.4. The minimum Gasteiger partial charge on any atom is -0.384 e. The predicted octanol–water partition coefficient (Wildman–Crippen LogP) is 3.84. The molecule has 2 aromatic carbocycles. The van der Waals surface area contributed by atoms with Crippen LogP contribution in [0.25, 0.3) is 10.8 Å². The molecule has 0 unspecified atom stereocenters. The molecule has 0 radical (unpaired) electrons. The summed E-state index contributed by atoms with van der Waals surface area (Å²) in [7, 11) is 0. The smallest absolute Gasteiger partial charge is 0.123 e. The molecule has 0 spiro atoms. The summed E-state index contributed by atoms with van der Waals surface area (Å²) in [6, 6.07) is 18.9. The molecule has 0 bridgehead atoms. The van der Waals surface area contributed by atoms with Gasteiger partial charge in [-0.05, 0) is 36.1 Å². The molecule has 0 fully saturated rings. The molecule has 0 atom stereocenters. The number of hydrogen-bond acceptors (Lipinski definition) is 3. The average molecular weight is 277 g/mol. The van der Waals surface area contributed by atoms with Gasteiger partial charge in [0.15, 0.2) is 0 Å². The Hall–Kier alpha value is -2.55. The lowest BCUT2D eigenvalue weighted by atomic mass is 10.1. The Bertz CT molecular complexity index is 747. The topological polar surface area (TPSA) is 42.2 Å². The van der Waals surface area contributed by atoms with E-state index in [0.29, 0.717) is 5.82 Å². The van der Waals surface area contributed by atoms with E-state index in [0.717, 1.165) is 13.1 Å². The highest BCUT2D eigenvalue weighted by atomic mass is 15.1. The van der Waals surface area contributed by atoms with Crippen molar-refractivity contribution in [3.8, 4) is 0 Å². The maximum absolute atomic E-state index is 5.78. The number of nitrogen functional groups attached to an aromatic ring is 1. The van der Waals surface area contributed by atoms with Gasteiger partial charge in [-0.15, -0.1) is 0 Å². The van der Waals surface area contributed by atoms with Gasteiger partial charge < -0.3 is 10.6 Å². The van der Waals surface area contributed by atoms with Crippen LogP contribution in [0, 0.1) is 0 Å². The van der Waals surface area contributed by atoms with Gasteiger partial charge in [-0.1, -0.05) is 36.4 Å². The molecular formula is C18H19N3. The highest BCUT2D eigenvalue weighted by Gasteiger charge is 2.09. The summed E-state index contributed by atoms with van der Waals surface area (Å²) in [5.41, 5.74) is 8.21. The van der Waals surface area contributed by atoms with Crippen LogP contribution in [0.2, 0.25) is 0 Å². The van der Waals surface area contributed by atoms with Crippen molar-refractivity contribution in [2.24, 2.45) is 0 Å². The van der Waals surface area contributed by atoms with E-state index in [9.17, 15) is 0 Å². The number of nitrogens with two attached hydrogens (primary N) is 1. The number of aromatic nitrogens is 1. The Morgan fingerprint density at radius 1 is 1.05 bits per heavy atom. The van der Waals surface area contributed by atoms with Gasteiger partial charge in [-0.25, -0.2) is 4.98 Å². The molecule has 21 heavy (non-hydrogen) atoms. The number of fused-ring (bicyclic) bond motifs is 1. The maximum atomic E-state index is 5.78. The normalized spacial score (nSPS) is 10.7. The molecule has 3 aromatic rings. The molecule has 0 aliphatic heterocycles. The van der Waals surface area contributed by atoms with Gasteiger partial charge in [0.05, 0.1) is 0 Å². The first-order valence-electron chi connectivity index (χ1n) is 7.21. The lowest BCUT2D eigenvalue weighted by Crippen LogP contribution is -2.22. The Morgan fingerprint density at radius 3 is 2.67 bits per heavy atom. The Morgan fingerprint density at radius 2 is 1.86 bits per heavy atom. The van der Waals surface area contributed by atoms with Gasteiger partial charge in [-0.3, -0.25) is 0 Å². The third-order valence-corrected chi connectivity index (χ3v) is 3.71. The number of nitrogens with zero attached hydrogens (tertiary/aromatic N) is 2. The maximum Gasteiger partial charge on any atom is 0.123 e. The fourth-order valence-electron chi connectivity index (χ4n) is 2.66. The van der Waals surface area contributed by atoms with Crippen LogP contribution in [0.3, 0.4) is 0 Å². The van der Waals surface area contributed by atoms with Crippen molar-refractivity contribution in [1.82, 2.24) is 4.98 Å². The van der Waals surface area contributed by atoms with Crippen molar-refractivity contribution in [1.29, 1.82) is 0 Å². The molecule has 3 heteroatoms. The minimum atomic E-state index is 0.571. The summed E-state index contributed by atoms with van der Waals surface area (Å²) in [6.07, 6.45) is 1.77. The van der Waals surface area contributed by atoms with Crippen molar-refractivity contribution >= 4 is 22.3 Å². The zero-order valence-electron chi connectivity index (χ0n) is 12.2. The molecule has 106 valence electrons. The molecule has 0 saturated carbocycles. The average Bonchev–Trinajstić information content (AvgIpc) is 2.52. The van der Waals surface area contributed by atoms with Crippen molar-refractivity contribution < 1.29 is 0 Å². The zero-order chi connectivity index (χ0) is 14.7. The van der Waals surface area contributed by atoms with Crippen LogP contribution in [0.5, 0.6) is 0 Å². The van der Waals surface area contributed by atoms with Crippen molar-refractivity contribution in [3.05, 3.63) is 66.4 Å². The highest BCUT2D eigenvalue weighted by molar-refractivity contribution is 5.94. The molecular weight excluding hydrogens is 258 g/mol. The van der Waals surface area contributed by atoms with Crippen LogP contribution in [-0.4, -0.2) is 11.5 Å². The summed E-state index contributed by atoms with van der Waals surface area (Å²) in [5.74, 6) is 0.571. The first-order valence-corrected chi connectivity index (χ1v) is 7.21. The lowest BCUT2D eigenvalue weighted by molar-refractivity contribution is 0.835. The number of pyridine rings is 1. The number of rotatable bonds is 4. The lowest BCUT2D eigenvalue weighted by Gasteiger charge is -2.25. The third kappa shape index (κ3) is 2.82. The number of hydrogen-bond donors (Lipinski definition) is 1. The van der Waals surface area contributed by atoms with Crippen LogP contribution < -0.4 is 10.6 Å². The van der Waals surface area contributed by atoms with Gasteiger partial charge in [0.2, 0.25) is 0 Å². The second-order valence-corrected chi connectivity index (χ2v) is 5.10. The second-order valence-electron chi connectivity index (χ2n) is 5.10. The van der Waals surface area contributed by atoms with Crippen LogP contribution in [0.4, 0.5) is 11.5 Å². The third-order valence-electron chi connectivity index (χ3n) is 3.71. The Labute approximate surface area is 125 Å². The molecule has 2 N–H and O–H groups in total. The minimum absolute atomic E-state index is 0.571. The largest absolute Gasteiger partial charge is 0.384 e. The number of anilines is 2. The van der Waals surface area contributed by atoms with E-state index < -0.39 is 0 Å². The summed E-state index contributed by atoms with van der Waals surface area (Å²) in [6.45, 7) is 3.94. The predicted molar refractivity (Wildman–Crippen MR) is 89.3 cm³/mol. The SMILES string of the molecule is CCN(Cc1ccnc(N)c1)c1cccc2ccccc12. The van der Waals surface area contributed by atoms with E-state index in [-0.39, 0.29) is 0 Å². The van der Waals surface area contributed by atoms with Crippen LogP contribution in [-0.2, 0) is 6.54 Å². The molecule has 1 heterocycles. The molecule has 3 nitrogen and oxygen atoms in total. The van der Waals surface area contributed by atoms with Crippen molar-refractivity contribution in [2.45, 2.75) is 13.5 Å². The van der Waals surface area contributed by atoms with Crippen LogP contribution in [0.1, 0.15) is 12.5 Å². The summed E-state index contributed by atoms with van der Waals surface area (Å²) in [5, 5.41) is 2.55. The standard InChI is InChI=1S/C18H19N3/c1-2-21(13-14-10-11-20-18(19)12-14)17-9-5-7-15-6-3-4-8-16(15)17/h3-12H,2,13H2,1H3,(H2,19,20). The van der Waals surface area contributed by atoms with E-state index in [1.54, 1.807) is 6.20 Å². The van der Waals surface area contributed by atoms with Crippen molar-refractivity contribution in [2.75, 3.05) is 17.2 Å². The Kier molecular flexibility index (Phi) is 3.73. The number of benzene rings is 2. The van der Waals surface area contributed by atoms with Gasteiger partial charge >= 0.3 is 0 Å².